The molecule has 0 amide bonds. The number of rotatable bonds is 6. The zero-order chi connectivity index (χ0) is 18.5. The molecule has 2 heterocycles. The van der Waals surface area contributed by atoms with Gasteiger partial charge >= 0.3 is 0 Å². The molecule has 0 atom stereocenters. The summed E-state index contributed by atoms with van der Waals surface area (Å²) in [6.45, 7) is 3.12. The SMILES string of the molecule is CN(Cc1ccccc1N1CCCCC1)Cn1cc([N+](=O)[O-])ccc1=O. The lowest BCUT2D eigenvalue weighted by Gasteiger charge is -2.31. The van der Waals surface area contributed by atoms with Crippen molar-refractivity contribution in [3.63, 3.8) is 0 Å². The number of benzene rings is 1. The van der Waals surface area contributed by atoms with Gasteiger partial charge < -0.3 is 4.90 Å². The molecule has 1 aliphatic heterocycles. The topological polar surface area (TPSA) is 71.6 Å². The van der Waals surface area contributed by atoms with Gasteiger partial charge in [0, 0.05) is 37.5 Å². The first-order valence-corrected chi connectivity index (χ1v) is 8.91. The Balaban J connectivity index is 1.75. The van der Waals surface area contributed by atoms with Gasteiger partial charge in [-0.2, -0.15) is 0 Å². The van der Waals surface area contributed by atoms with Gasteiger partial charge in [-0.15, -0.1) is 0 Å². The number of anilines is 1. The van der Waals surface area contributed by atoms with Crippen molar-refractivity contribution < 1.29 is 4.92 Å². The van der Waals surface area contributed by atoms with Crippen LogP contribution in [0.1, 0.15) is 24.8 Å². The average molecular weight is 356 g/mol. The predicted octanol–water partition coefficient (Wildman–Crippen LogP) is 2.84. The fraction of sp³-hybridized carbons (Fsp3) is 0.421. The highest BCUT2D eigenvalue weighted by atomic mass is 16.6. The third kappa shape index (κ3) is 4.29. The van der Waals surface area contributed by atoms with E-state index in [0.717, 1.165) is 13.1 Å². The average Bonchev–Trinajstić information content (AvgIpc) is 2.64. The van der Waals surface area contributed by atoms with Crippen molar-refractivity contribution in [1.82, 2.24) is 9.47 Å². The molecule has 0 spiro atoms. The summed E-state index contributed by atoms with van der Waals surface area (Å²) in [5, 5.41) is 10.9. The first-order chi connectivity index (χ1) is 12.5. The number of pyridine rings is 1. The zero-order valence-electron chi connectivity index (χ0n) is 15.0. The Bertz CT molecular complexity index is 828. The van der Waals surface area contributed by atoms with Crippen LogP contribution in [0.4, 0.5) is 11.4 Å². The summed E-state index contributed by atoms with van der Waals surface area (Å²) in [6.07, 6.45) is 5.02. The molecular formula is C19H24N4O3. The van der Waals surface area contributed by atoms with Crippen LogP contribution in [-0.2, 0) is 13.2 Å². The lowest BCUT2D eigenvalue weighted by Crippen LogP contribution is -2.32. The lowest BCUT2D eigenvalue weighted by molar-refractivity contribution is -0.385. The van der Waals surface area contributed by atoms with E-state index in [-0.39, 0.29) is 11.2 Å². The Kier molecular flexibility index (Phi) is 5.68. The molecule has 0 bridgehead atoms. The smallest absolute Gasteiger partial charge is 0.285 e. The van der Waals surface area contributed by atoms with Crippen LogP contribution >= 0.6 is 0 Å². The van der Waals surface area contributed by atoms with E-state index in [1.165, 1.54) is 53.4 Å². The van der Waals surface area contributed by atoms with Crippen molar-refractivity contribution >= 4 is 11.4 Å². The van der Waals surface area contributed by atoms with Crippen molar-refractivity contribution in [2.24, 2.45) is 0 Å². The van der Waals surface area contributed by atoms with E-state index in [4.69, 9.17) is 0 Å². The minimum atomic E-state index is -0.485. The number of para-hydroxylation sites is 1. The van der Waals surface area contributed by atoms with E-state index in [1.807, 2.05) is 18.0 Å². The van der Waals surface area contributed by atoms with Crippen LogP contribution in [0.5, 0.6) is 0 Å². The maximum absolute atomic E-state index is 12.0. The molecule has 0 saturated carbocycles. The molecular weight excluding hydrogens is 332 g/mol. The maximum Gasteiger partial charge on any atom is 0.285 e. The van der Waals surface area contributed by atoms with E-state index in [2.05, 4.69) is 23.1 Å². The normalized spacial score (nSPS) is 14.6. The first kappa shape index (κ1) is 18.1. The quantitative estimate of drug-likeness (QED) is 0.588. The molecule has 7 nitrogen and oxygen atoms in total. The second-order valence-corrected chi connectivity index (χ2v) is 6.78. The summed E-state index contributed by atoms with van der Waals surface area (Å²) in [4.78, 5) is 26.9. The fourth-order valence-corrected chi connectivity index (χ4v) is 3.43. The second kappa shape index (κ2) is 8.14. The number of piperidine rings is 1. The molecule has 1 saturated heterocycles. The highest BCUT2D eigenvalue weighted by Gasteiger charge is 2.15. The zero-order valence-corrected chi connectivity index (χ0v) is 15.0. The van der Waals surface area contributed by atoms with Gasteiger partial charge in [0.15, 0.2) is 0 Å². The molecule has 26 heavy (non-hydrogen) atoms. The summed E-state index contributed by atoms with van der Waals surface area (Å²) < 4.78 is 1.38. The minimum Gasteiger partial charge on any atom is -0.371 e. The number of nitro groups is 1. The Morgan fingerprint density at radius 1 is 1.12 bits per heavy atom. The fourth-order valence-electron chi connectivity index (χ4n) is 3.43. The molecule has 1 aliphatic rings. The molecule has 2 aromatic rings. The van der Waals surface area contributed by atoms with Crippen molar-refractivity contribution in [1.29, 1.82) is 0 Å². The number of aromatic nitrogens is 1. The largest absolute Gasteiger partial charge is 0.371 e. The van der Waals surface area contributed by atoms with Gasteiger partial charge in [0.1, 0.15) is 0 Å². The Morgan fingerprint density at radius 3 is 2.58 bits per heavy atom. The van der Waals surface area contributed by atoms with Gasteiger partial charge in [-0.05, 0) is 37.9 Å². The molecule has 138 valence electrons. The highest BCUT2D eigenvalue weighted by molar-refractivity contribution is 5.53. The standard InChI is InChI=1S/C19H24N4O3/c1-20(15-22-14-17(23(25)26)9-10-19(22)24)13-16-7-3-4-8-18(16)21-11-5-2-6-12-21/h3-4,7-10,14H,2,5-6,11-13,15H2,1H3. The van der Waals surface area contributed by atoms with E-state index >= 15 is 0 Å². The Hall–Kier alpha value is -2.67. The van der Waals surface area contributed by atoms with Gasteiger partial charge in [-0.25, -0.2) is 0 Å². The van der Waals surface area contributed by atoms with Gasteiger partial charge in [0.2, 0.25) is 0 Å². The molecule has 1 aromatic carbocycles. The lowest BCUT2D eigenvalue weighted by atomic mass is 10.1. The third-order valence-corrected chi connectivity index (χ3v) is 4.70. The number of hydrogen-bond acceptors (Lipinski definition) is 5. The van der Waals surface area contributed by atoms with Crippen molar-refractivity contribution in [2.75, 3.05) is 25.0 Å². The second-order valence-electron chi connectivity index (χ2n) is 6.78. The third-order valence-electron chi connectivity index (χ3n) is 4.70. The monoisotopic (exact) mass is 356 g/mol. The number of nitrogens with zero attached hydrogens (tertiary/aromatic N) is 4. The summed E-state index contributed by atoms with van der Waals surface area (Å²) in [7, 11) is 1.91. The molecule has 0 aliphatic carbocycles. The van der Waals surface area contributed by atoms with Crippen molar-refractivity contribution in [2.45, 2.75) is 32.5 Å². The van der Waals surface area contributed by atoms with Gasteiger partial charge in [0.25, 0.3) is 11.2 Å². The van der Waals surface area contributed by atoms with E-state index in [1.54, 1.807) is 0 Å². The van der Waals surface area contributed by atoms with Crippen LogP contribution in [0.15, 0.2) is 47.4 Å². The molecule has 1 aromatic heterocycles. The van der Waals surface area contributed by atoms with E-state index < -0.39 is 4.92 Å². The van der Waals surface area contributed by atoms with Gasteiger partial charge in [0.05, 0.1) is 17.8 Å². The van der Waals surface area contributed by atoms with Gasteiger partial charge in [-0.3, -0.25) is 24.4 Å². The summed E-state index contributed by atoms with van der Waals surface area (Å²) in [5.74, 6) is 0. The van der Waals surface area contributed by atoms with Gasteiger partial charge in [-0.1, -0.05) is 18.2 Å². The molecule has 7 heteroatoms. The molecule has 0 N–H and O–H groups in total. The molecule has 0 unspecified atom stereocenters. The molecule has 1 fully saturated rings. The van der Waals surface area contributed by atoms with E-state index in [0.29, 0.717) is 13.2 Å². The summed E-state index contributed by atoms with van der Waals surface area (Å²) >= 11 is 0. The minimum absolute atomic E-state index is 0.0771. The van der Waals surface area contributed by atoms with Crippen LogP contribution in [0.2, 0.25) is 0 Å². The van der Waals surface area contributed by atoms with Crippen molar-refractivity contribution in [3.8, 4) is 0 Å². The Labute approximate surface area is 152 Å². The summed E-state index contributed by atoms with van der Waals surface area (Å²) in [5.41, 5.74) is 2.12. The van der Waals surface area contributed by atoms with Crippen LogP contribution in [0.25, 0.3) is 0 Å². The summed E-state index contributed by atoms with van der Waals surface area (Å²) in [6, 6.07) is 10.8. The maximum atomic E-state index is 12.0. The first-order valence-electron chi connectivity index (χ1n) is 8.91. The Morgan fingerprint density at radius 2 is 1.85 bits per heavy atom. The molecule has 0 radical (unpaired) electrons. The number of hydrogen-bond donors (Lipinski definition) is 0. The van der Waals surface area contributed by atoms with Crippen molar-refractivity contribution in [3.05, 3.63) is 68.6 Å². The predicted molar refractivity (Wildman–Crippen MR) is 101 cm³/mol. The molecule has 3 rings (SSSR count). The van der Waals surface area contributed by atoms with Crippen LogP contribution in [0.3, 0.4) is 0 Å². The van der Waals surface area contributed by atoms with Crippen LogP contribution < -0.4 is 10.5 Å². The van der Waals surface area contributed by atoms with Crippen LogP contribution in [-0.4, -0.2) is 34.5 Å². The highest BCUT2D eigenvalue weighted by Crippen LogP contribution is 2.25. The van der Waals surface area contributed by atoms with Crippen LogP contribution in [0, 0.1) is 10.1 Å². The van der Waals surface area contributed by atoms with E-state index in [9.17, 15) is 14.9 Å².